The molecule has 132 valence electrons. The largest absolute Gasteiger partial charge is 0.382 e. The zero-order valence-corrected chi connectivity index (χ0v) is 15.7. The van der Waals surface area contributed by atoms with Crippen LogP contribution in [0.1, 0.15) is 26.3 Å². The summed E-state index contributed by atoms with van der Waals surface area (Å²) in [5.41, 5.74) is 0.354. The summed E-state index contributed by atoms with van der Waals surface area (Å²) in [6.07, 6.45) is -0.699. The van der Waals surface area contributed by atoms with Crippen LogP contribution >= 0.6 is 22.7 Å². The Labute approximate surface area is 153 Å². The van der Waals surface area contributed by atoms with Gasteiger partial charge in [0, 0.05) is 21.2 Å². The summed E-state index contributed by atoms with van der Waals surface area (Å²) in [5.74, 6) is -0.470. The third kappa shape index (κ3) is 4.16. The summed E-state index contributed by atoms with van der Waals surface area (Å²) in [7, 11) is -3.73. The number of hydrogen-bond donors (Lipinski definition) is 2. The molecule has 0 aliphatic heterocycles. The first kappa shape index (κ1) is 18.2. The van der Waals surface area contributed by atoms with Crippen molar-refractivity contribution in [2.75, 3.05) is 0 Å². The van der Waals surface area contributed by atoms with Crippen LogP contribution in [0.25, 0.3) is 0 Å². The van der Waals surface area contributed by atoms with Crippen molar-refractivity contribution >= 4 is 32.7 Å². The maximum atomic E-state index is 13.1. The molecular formula is C17H16FNO3S3. The Kier molecular flexibility index (Phi) is 5.35. The standard InChI is InChI=1S/C17H16FNO3S3/c1-11-9-12(18)4-7-16(11)25(21,22)19-10-13-5-6-15(24-13)17(20)14-3-2-8-23-14/h2-9,17,19-20H,10H2,1H3/t17-/m1/s1. The Bertz CT molecular complexity index is 965. The van der Waals surface area contributed by atoms with Crippen LogP contribution in [0.4, 0.5) is 4.39 Å². The molecule has 2 heterocycles. The van der Waals surface area contributed by atoms with Crippen LogP contribution in [-0.4, -0.2) is 13.5 Å². The Balaban J connectivity index is 1.71. The lowest BCUT2D eigenvalue weighted by molar-refractivity contribution is 0.228. The van der Waals surface area contributed by atoms with Crippen molar-refractivity contribution in [1.29, 1.82) is 0 Å². The van der Waals surface area contributed by atoms with Crippen molar-refractivity contribution in [3.8, 4) is 0 Å². The highest BCUT2D eigenvalue weighted by atomic mass is 32.2. The van der Waals surface area contributed by atoms with E-state index in [2.05, 4.69) is 4.72 Å². The summed E-state index contributed by atoms with van der Waals surface area (Å²) in [4.78, 5) is 2.45. The maximum absolute atomic E-state index is 13.1. The molecule has 25 heavy (non-hydrogen) atoms. The fourth-order valence-corrected chi connectivity index (χ4v) is 5.46. The van der Waals surface area contributed by atoms with Crippen molar-refractivity contribution in [2.45, 2.75) is 24.5 Å². The van der Waals surface area contributed by atoms with E-state index < -0.39 is 21.9 Å². The molecule has 0 saturated carbocycles. The van der Waals surface area contributed by atoms with Gasteiger partial charge in [-0.05, 0) is 54.3 Å². The van der Waals surface area contributed by atoms with E-state index in [0.717, 1.165) is 20.7 Å². The van der Waals surface area contributed by atoms with Gasteiger partial charge in [-0.3, -0.25) is 0 Å². The Hall–Kier alpha value is -1.58. The molecule has 0 radical (unpaired) electrons. The van der Waals surface area contributed by atoms with Crippen LogP contribution in [-0.2, 0) is 16.6 Å². The van der Waals surface area contributed by atoms with Gasteiger partial charge in [-0.1, -0.05) is 6.07 Å². The lowest BCUT2D eigenvalue weighted by Crippen LogP contribution is -2.23. The number of sulfonamides is 1. The average molecular weight is 398 g/mol. The maximum Gasteiger partial charge on any atom is 0.241 e. The Morgan fingerprint density at radius 1 is 1.20 bits per heavy atom. The Morgan fingerprint density at radius 3 is 2.68 bits per heavy atom. The van der Waals surface area contributed by atoms with Crippen LogP contribution in [0.15, 0.2) is 52.7 Å². The number of rotatable bonds is 6. The van der Waals surface area contributed by atoms with E-state index >= 15 is 0 Å². The molecular weight excluding hydrogens is 381 g/mol. The number of aliphatic hydroxyl groups is 1. The minimum absolute atomic E-state index is 0.0595. The van der Waals surface area contributed by atoms with Gasteiger partial charge in [-0.15, -0.1) is 22.7 Å². The first-order valence-corrected chi connectivity index (χ1v) is 10.6. The number of hydrogen-bond acceptors (Lipinski definition) is 5. The molecule has 0 aliphatic carbocycles. The van der Waals surface area contributed by atoms with Gasteiger partial charge in [0.25, 0.3) is 0 Å². The number of benzene rings is 1. The first-order chi connectivity index (χ1) is 11.9. The predicted octanol–water partition coefficient (Wildman–Crippen LogP) is 3.82. The van der Waals surface area contributed by atoms with Gasteiger partial charge in [0.05, 0.1) is 4.90 Å². The van der Waals surface area contributed by atoms with Crippen LogP contribution in [0.5, 0.6) is 0 Å². The zero-order valence-electron chi connectivity index (χ0n) is 13.3. The van der Waals surface area contributed by atoms with Crippen LogP contribution in [0.2, 0.25) is 0 Å². The Morgan fingerprint density at radius 2 is 2.00 bits per heavy atom. The fourth-order valence-electron chi connectivity index (χ4n) is 2.38. The second-order valence-electron chi connectivity index (χ2n) is 5.46. The van der Waals surface area contributed by atoms with E-state index in [4.69, 9.17) is 0 Å². The lowest BCUT2D eigenvalue weighted by atomic mass is 10.2. The second kappa shape index (κ2) is 7.35. The molecule has 0 bridgehead atoms. The minimum Gasteiger partial charge on any atom is -0.382 e. The van der Waals surface area contributed by atoms with Gasteiger partial charge in [0.15, 0.2) is 0 Å². The number of thiophene rings is 2. The minimum atomic E-state index is -3.73. The molecule has 4 nitrogen and oxygen atoms in total. The van der Waals surface area contributed by atoms with Gasteiger partial charge < -0.3 is 5.11 Å². The van der Waals surface area contributed by atoms with Crippen molar-refractivity contribution in [3.05, 3.63) is 73.9 Å². The number of halogens is 1. The van der Waals surface area contributed by atoms with Gasteiger partial charge in [-0.25, -0.2) is 17.5 Å². The SMILES string of the molecule is Cc1cc(F)ccc1S(=O)(=O)NCc1ccc([C@H](O)c2cccs2)s1. The monoisotopic (exact) mass is 397 g/mol. The van der Waals surface area contributed by atoms with E-state index in [1.165, 1.54) is 34.8 Å². The molecule has 8 heteroatoms. The third-order valence-corrected chi connectivity index (χ3v) is 7.25. The molecule has 3 aromatic rings. The van der Waals surface area contributed by atoms with E-state index in [9.17, 15) is 17.9 Å². The van der Waals surface area contributed by atoms with Crippen LogP contribution in [0, 0.1) is 12.7 Å². The summed E-state index contributed by atoms with van der Waals surface area (Å²) < 4.78 is 40.4. The number of aliphatic hydroxyl groups excluding tert-OH is 1. The molecule has 0 saturated heterocycles. The van der Waals surface area contributed by atoms with E-state index in [-0.39, 0.29) is 11.4 Å². The first-order valence-electron chi connectivity index (χ1n) is 7.43. The number of aryl methyl sites for hydroxylation is 1. The fraction of sp³-hybridized carbons (Fsp3) is 0.176. The zero-order chi connectivity index (χ0) is 18.0. The van der Waals surface area contributed by atoms with Crippen LogP contribution < -0.4 is 4.72 Å². The third-order valence-electron chi connectivity index (χ3n) is 3.63. The average Bonchev–Trinajstić information content (AvgIpc) is 3.24. The normalized spacial score (nSPS) is 13.1. The van der Waals surface area contributed by atoms with Gasteiger partial charge in [0.1, 0.15) is 11.9 Å². The van der Waals surface area contributed by atoms with Crippen molar-refractivity contribution in [2.24, 2.45) is 0 Å². The van der Waals surface area contributed by atoms with Crippen molar-refractivity contribution in [1.82, 2.24) is 4.72 Å². The molecule has 2 N–H and O–H groups in total. The van der Waals surface area contributed by atoms with E-state index in [1.807, 2.05) is 17.5 Å². The topological polar surface area (TPSA) is 66.4 Å². The summed E-state index contributed by atoms with van der Waals surface area (Å²) in [6.45, 7) is 1.67. The quantitative estimate of drug-likeness (QED) is 0.665. The van der Waals surface area contributed by atoms with Crippen LogP contribution in [0.3, 0.4) is 0 Å². The molecule has 0 unspecified atom stereocenters. The molecule has 1 atom stereocenters. The molecule has 0 aliphatic rings. The van der Waals surface area contributed by atoms with Crippen molar-refractivity contribution < 1.29 is 17.9 Å². The second-order valence-corrected chi connectivity index (χ2v) is 9.37. The summed E-state index contributed by atoms with van der Waals surface area (Å²) >= 11 is 2.82. The molecule has 0 fully saturated rings. The molecule has 2 aromatic heterocycles. The highest BCUT2D eigenvalue weighted by Crippen LogP contribution is 2.31. The summed E-state index contributed by atoms with van der Waals surface area (Å²) in [5, 5.41) is 12.2. The molecule has 3 rings (SSSR count). The van der Waals surface area contributed by atoms with E-state index in [1.54, 1.807) is 19.1 Å². The predicted molar refractivity (Wildman–Crippen MR) is 97.9 cm³/mol. The van der Waals surface area contributed by atoms with E-state index in [0.29, 0.717) is 5.56 Å². The summed E-state index contributed by atoms with van der Waals surface area (Å²) in [6, 6.07) is 10.9. The van der Waals surface area contributed by atoms with Gasteiger partial charge >= 0.3 is 0 Å². The van der Waals surface area contributed by atoms with Crippen molar-refractivity contribution in [3.63, 3.8) is 0 Å². The molecule has 0 spiro atoms. The molecule has 0 amide bonds. The number of nitrogens with one attached hydrogen (secondary N) is 1. The lowest BCUT2D eigenvalue weighted by Gasteiger charge is -2.09. The molecule has 1 aromatic carbocycles. The smallest absolute Gasteiger partial charge is 0.241 e. The van der Waals surface area contributed by atoms with Gasteiger partial charge in [-0.2, -0.15) is 0 Å². The highest BCUT2D eigenvalue weighted by molar-refractivity contribution is 7.89. The van der Waals surface area contributed by atoms with Gasteiger partial charge in [0.2, 0.25) is 10.0 Å². The highest BCUT2D eigenvalue weighted by Gasteiger charge is 2.18.